The van der Waals surface area contributed by atoms with Gasteiger partial charge in [0, 0.05) is 17.5 Å². The molecular weight excluding hydrogens is 425 g/mol. The van der Waals surface area contributed by atoms with Crippen molar-refractivity contribution in [3.8, 4) is 23.0 Å². The molecule has 0 N–H and O–H groups in total. The molecule has 2 aromatic carbocycles. The van der Waals surface area contributed by atoms with Crippen LogP contribution >= 0.6 is 0 Å². The Hall–Kier alpha value is -2.74. The van der Waals surface area contributed by atoms with Crippen LogP contribution in [0.1, 0.15) is 50.7 Å². The van der Waals surface area contributed by atoms with Crippen LogP contribution in [0.5, 0.6) is 23.0 Å². The van der Waals surface area contributed by atoms with E-state index < -0.39 is 41.0 Å². The highest BCUT2D eigenvalue weighted by Crippen LogP contribution is 2.44. The number of benzene rings is 2. The quantitative estimate of drug-likeness (QED) is 0.356. The highest BCUT2D eigenvalue weighted by atomic mass is 19.2. The third kappa shape index (κ3) is 4.28. The minimum absolute atomic E-state index is 0.0326. The summed E-state index contributed by atoms with van der Waals surface area (Å²) in [4.78, 5) is 12.5. The van der Waals surface area contributed by atoms with E-state index in [9.17, 15) is 18.0 Å². The highest BCUT2D eigenvalue weighted by Gasteiger charge is 2.32. The Morgan fingerprint density at radius 3 is 2.50 bits per heavy atom. The van der Waals surface area contributed by atoms with Crippen LogP contribution in [-0.4, -0.2) is 25.3 Å². The van der Waals surface area contributed by atoms with Crippen LogP contribution in [0.2, 0.25) is 0 Å². The molecule has 0 saturated carbocycles. The fourth-order valence-corrected chi connectivity index (χ4v) is 4.16. The molecule has 4 rings (SSSR count). The zero-order valence-electron chi connectivity index (χ0n) is 18.0. The van der Waals surface area contributed by atoms with E-state index in [1.54, 1.807) is 13.0 Å². The van der Waals surface area contributed by atoms with Crippen LogP contribution in [0.4, 0.5) is 13.2 Å². The van der Waals surface area contributed by atoms with Crippen LogP contribution in [0, 0.1) is 23.4 Å². The molecule has 0 amide bonds. The third-order valence-corrected chi connectivity index (χ3v) is 5.77. The van der Waals surface area contributed by atoms with Crippen molar-refractivity contribution in [2.75, 3.05) is 13.2 Å². The Morgan fingerprint density at radius 2 is 1.81 bits per heavy atom. The van der Waals surface area contributed by atoms with Crippen molar-refractivity contribution >= 4 is 5.97 Å². The monoisotopic (exact) mass is 450 g/mol. The van der Waals surface area contributed by atoms with Gasteiger partial charge in [-0.2, -0.15) is 13.2 Å². The molecular formula is C24H25F3O5. The lowest BCUT2D eigenvalue weighted by Gasteiger charge is -2.27. The van der Waals surface area contributed by atoms with Gasteiger partial charge in [0.25, 0.3) is 0 Å². The van der Waals surface area contributed by atoms with E-state index >= 15 is 0 Å². The predicted octanol–water partition coefficient (Wildman–Crippen LogP) is 5.70. The number of rotatable bonds is 6. The molecule has 1 fully saturated rings. The molecule has 0 radical (unpaired) electrons. The number of hydrogen-bond donors (Lipinski definition) is 0. The number of halogens is 3. The topological polar surface area (TPSA) is 54.0 Å². The lowest BCUT2D eigenvalue weighted by Crippen LogP contribution is -2.35. The molecule has 172 valence electrons. The van der Waals surface area contributed by atoms with Gasteiger partial charge in [-0.05, 0) is 44.2 Å². The normalized spacial score (nSPS) is 19.5. The number of carbonyl (C=O) groups excluding carboxylic acids is 1. The molecule has 5 nitrogen and oxygen atoms in total. The van der Waals surface area contributed by atoms with Crippen molar-refractivity contribution in [2.45, 2.75) is 52.1 Å². The van der Waals surface area contributed by atoms with E-state index in [1.807, 2.05) is 0 Å². The molecule has 0 aliphatic carbocycles. The summed E-state index contributed by atoms with van der Waals surface area (Å²) in [6.45, 7) is 4.47. The average Bonchev–Trinajstić information content (AvgIpc) is 2.79. The first-order valence-corrected chi connectivity index (χ1v) is 10.9. The summed E-state index contributed by atoms with van der Waals surface area (Å²) in [7, 11) is 0. The number of carbonyl (C=O) groups is 1. The number of hydrogen-bond acceptors (Lipinski definition) is 5. The van der Waals surface area contributed by atoms with Gasteiger partial charge in [0.15, 0.2) is 29.1 Å². The predicted molar refractivity (Wildman–Crippen MR) is 110 cm³/mol. The Kier molecular flexibility index (Phi) is 6.60. The minimum Gasteiger partial charge on any atom is -0.491 e. The van der Waals surface area contributed by atoms with Crippen molar-refractivity contribution in [2.24, 2.45) is 5.92 Å². The lowest BCUT2D eigenvalue weighted by atomic mass is 9.94. The molecule has 2 unspecified atom stereocenters. The molecule has 2 aliphatic rings. The first kappa shape index (κ1) is 22.5. The Labute approximate surface area is 184 Å². The lowest BCUT2D eigenvalue weighted by molar-refractivity contribution is -0.152. The van der Waals surface area contributed by atoms with Crippen LogP contribution in [0.15, 0.2) is 18.2 Å². The third-order valence-electron chi connectivity index (χ3n) is 5.77. The summed E-state index contributed by atoms with van der Waals surface area (Å²) in [6, 6.07) is 4.27. The second-order valence-corrected chi connectivity index (χ2v) is 8.04. The maximum atomic E-state index is 14.8. The van der Waals surface area contributed by atoms with Gasteiger partial charge in [-0.25, -0.2) is 4.79 Å². The summed E-state index contributed by atoms with van der Waals surface area (Å²) in [5.41, 5.74) is 0.689. The average molecular weight is 450 g/mol. The van der Waals surface area contributed by atoms with E-state index in [2.05, 4.69) is 6.92 Å². The van der Waals surface area contributed by atoms with Gasteiger partial charge in [-0.1, -0.05) is 19.4 Å². The van der Waals surface area contributed by atoms with E-state index in [1.165, 1.54) is 12.1 Å². The standard InChI is InChI=1S/C24H25F3O5/c1-3-5-13-6-8-17(30-12-13)24(28)31-18-11-15-10-14-7-9-16(29-4-2)20(26)22(14)32-23(15)21(27)19(18)25/h7,9,11,13,17H,3-6,8,10,12H2,1-2H3. The van der Waals surface area contributed by atoms with Crippen LogP contribution in [0.25, 0.3) is 0 Å². The molecule has 1 saturated heterocycles. The van der Waals surface area contributed by atoms with Gasteiger partial charge in [-0.15, -0.1) is 0 Å². The van der Waals surface area contributed by atoms with Crippen molar-refractivity contribution < 1.29 is 36.9 Å². The van der Waals surface area contributed by atoms with Crippen LogP contribution in [-0.2, 0) is 16.0 Å². The van der Waals surface area contributed by atoms with Crippen molar-refractivity contribution in [3.05, 3.63) is 46.8 Å². The van der Waals surface area contributed by atoms with Crippen LogP contribution in [0.3, 0.4) is 0 Å². The Bertz CT molecular complexity index is 1020. The molecule has 0 bridgehead atoms. The number of ether oxygens (including phenoxy) is 4. The molecule has 2 heterocycles. The van der Waals surface area contributed by atoms with Gasteiger partial charge in [-0.3, -0.25) is 0 Å². The first-order valence-electron chi connectivity index (χ1n) is 10.9. The second kappa shape index (κ2) is 9.40. The van der Waals surface area contributed by atoms with Crippen molar-refractivity contribution in [1.29, 1.82) is 0 Å². The van der Waals surface area contributed by atoms with Gasteiger partial charge in [0.2, 0.25) is 17.5 Å². The molecule has 0 aromatic heterocycles. The van der Waals surface area contributed by atoms with Gasteiger partial charge < -0.3 is 18.9 Å². The maximum Gasteiger partial charge on any atom is 0.340 e. The zero-order valence-corrected chi connectivity index (χ0v) is 18.0. The molecule has 2 atom stereocenters. The Morgan fingerprint density at radius 1 is 1.03 bits per heavy atom. The Balaban J connectivity index is 1.53. The van der Waals surface area contributed by atoms with Gasteiger partial charge in [0.1, 0.15) is 0 Å². The molecule has 0 spiro atoms. The van der Waals surface area contributed by atoms with Crippen LogP contribution < -0.4 is 14.2 Å². The summed E-state index contributed by atoms with van der Waals surface area (Å²) in [6.07, 6.45) is 2.59. The summed E-state index contributed by atoms with van der Waals surface area (Å²) in [5, 5.41) is 0. The zero-order chi connectivity index (χ0) is 22.8. The van der Waals surface area contributed by atoms with E-state index in [4.69, 9.17) is 18.9 Å². The first-order chi connectivity index (χ1) is 15.4. The van der Waals surface area contributed by atoms with E-state index in [0.717, 1.165) is 19.3 Å². The maximum absolute atomic E-state index is 14.8. The van der Waals surface area contributed by atoms with Gasteiger partial charge >= 0.3 is 5.97 Å². The van der Waals surface area contributed by atoms with Crippen molar-refractivity contribution in [1.82, 2.24) is 0 Å². The van der Waals surface area contributed by atoms with E-state index in [-0.39, 0.29) is 30.1 Å². The highest BCUT2D eigenvalue weighted by molar-refractivity contribution is 5.77. The van der Waals surface area contributed by atoms with Gasteiger partial charge in [0.05, 0.1) is 13.2 Å². The molecule has 32 heavy (non-hydrogen) atoms. The second-order valence-electron chi connectivity index (χ2n) is 8.04. The number of fused-ring (bicyclic) bond motifs is 2. The molecule has 2 aromatic rings. The molecule has 2 aliphatic heterocycles. The number of esters is 1. The fourth-order valence-electron chi connectivity index (χ4n) is 4.16. The summed E-state index contributed by atoms with van der Waals surface area (Å²) >= 11 is 0. The fraction of sp³-hybridized carbons (Fsp3) is 0.458. The largest absolute Gasteiger partial charge is 0.491 e. The minimum atomic E-state index is -1.37. The SMILES string of the molecule is CCCC1CCC(C(=O)Oc2cc3c(c(F)c2F)Oc2c(ccc(OCC)c2F)C3)OC1. The van der Waals surface area contributed by atoms with E-state index in [0.29, 0.717) is 24.5 Å². The van der Waals surface area contributed by atoms with Crippen molar-refractivity contribution in [3.63, 3.8) is 0 Å². The summed E-state index contributed by atoms with van der Waals surface area (Å²) in [5.74, 6) is -5.07. The summed E-state index contributed by atoms with van der Waals surface area (Å²) < 4.78 is 65.4. The molecule has 8 heteroatoms. The smallest absolute Gasteiger partial charge is 0.340 e.